The Kier molecular flexibility index (Phi) is 5.12. The summed E-state index contributed by atoms with van der Waals surface area (Å²) in [6.45, 7) is 10.3. The molecule has 1 aromatic rings. The SMILES string of the molecule is CC1=CC=C(Oc2c(C#N)cc(C)cc2NNC(C)(C)C)CC1. The van der Waals surface area contributed by atoms with Gasteiger partial charge in [0.2, 0.25) is 0 Å². The van der Waals surface area contributed by atoms with Crippen LogP contribution >= 0.6 is 0 Å². The molecule has 1 aliphatic carbocycles. The maximum atomic E-state index is 9.46. The van der Waals surface area contributed by atoms with Crippen LogP contribution in [0.2, 0.25) is 0 Å². The highest BCUT2D eigenvalue weighted by atomic mass is 16.5. The van der Waals surface area contributed by atoms with Crippen molar-refractivity contribution in [1.29, 1.82) is 5.26 Å². The van der Waals surface area contributed by atoms with Crippen LogP contribution in [0.25, 0.3) is 0 Å². The number of anilines is 1. The van der Waals surface area contributed by atoms with Crippen molar-refractivity contribution in [1.82, 2.24) is 5.43 Å². The highest BCUT2D eigenvalue weighted by Gasteiger charge is 2.16. The summed E-state index contributed by atoms with van der Waals surface area (Å²) >= 11 is 0. The Labute approximate surface area is 138 Å². The van der Waals surface area contributed by atoms with Crippen LogP contribution in [0.3, 0.4) is 0 Å². The molecule has 4 heteroatoms. The minimum atomic E-state index is -0.0994. The van der Waals surface area contributed by atoms with E-state index in [1.807, 2.05) is 25.1 Å². The molecule has 1 aromatic carbocycles. The van der Waals surface area contributed by atoms with Gasteiger partial charge in [0.05, 0.1) is 11.3 Å². The largest absolute Gasteiger partial charge is 0.458 e. The number of benzene rings is 1. The van der Waals surface area contributed by atoms with E-state index in [9.17, 15) is 5.26 Å². The molecule has 2 rings (SSSR count). The van der Waals surface area contributed by atoms with Gasteiger partial charge < -0.3 is 10.2 Å². The van der Waals surface area contributed by atoms with Crippen LogP contribution in [0.15, 0.2) is 35.6 Å². The van der Waals surface area contributed by atoms with E-state index in [1.54, 1.807) is 0 Å². The van der Waals surface area contributed by atoms with Crippen molar-refractivity contribution in [3.05, 3.63) is 46.7 Å². The first kappa shape index (κ1) is 17.1. The van der Waals surface area contributed by atoms with Crippen molar-refractivity contribution in [2.75, 3.05) is 5.43 Å². The van der Waals surface area contributed by atoms with Crippen molar-refractivity contribution >= 4 is 5.69 Å². The van der Waals surface area contributed by atoms with Gasteiger partial charge in [-0.05, 0) is 64.8 Å². The molecular formula is C19H25N3O. The fourth-order valence-corrected chi connectivity index (χ4v) is 2.25. The fraction of sp³-hybridized carbons (Fsp3) is 0.421. The lowest BCUT2D eigenvalue weighted by atomic mass is 10.1. The van der Waals surface area contributed by atoms with Crippen LogP contribution in [-0.4, -0.2) is 5.54 Å². The highest BCUT2D eigenvalue weighted by molar-refractivity contribution is 5.65. The van der Waals surface area contributed by atoms with E-state index in [1.165, 1.54) is 5.57 Å². The molecule has 0 aromatic heterocycles. The molecular weight excluding hydrogens is 286 g/mol. The number of ether oxygens (including phenoxy) is 1. The minimum Gasteiger partial charge on any atom is -0.458 e. The van der Waals surface area contributed by atoms with Crippen LogP contribution in [0.1, 0.15) is 51.7 Å². The van der Waals surface area contributed by atoms with Crippen molar-refractivity contribution in [2.45, 2.75) is 53.0 Å². The third kappa shape index (κ3) is 4.87. The number of aryl methyl sites for hydroxylation is 1. The number of hydrazine groups is 1. The van der Waals surface area contributed by atoms with Gasteiger partial charge in [-0.2, -0.15) is 5.26 Å². The van der Waals surface area contributed by atoms with Gasteiger partial charge in [-0.3, -0.25) is 0 Å². The van der Waals surface area contributed by atoms with E-state index >= 15 is 0 Å². The number of nitriles is 1. The first-order chi connectivity index (χ1) is 10.8. The third-order valence-corrected chi connectivity index (χ3v) is 3.48. The van der Waals surface area contributed by atoms with E-state index < -0.39 is 0 Å². The van der Waals surface area contributed by atoms with Gasteiger partial charge in [-0.1, -0.05) is 11.6 Å². The van der Waals surface area contributed by atoms with Crippen LogP contribution in [0, 0.1) is 18.3 Å². The zero-order valence-electron chi connectivity index (χ0n) is 14.6. The predicted molar refractivity (Wildman–Crippen MR) is 94.1 cm³/mol. The number of allylic oxidation sites excluding steroid dienone is 4. The standard InChI is InChI=1S/C19H25N3O/c1-13-6-8-16(9-7-13)23-18-15(12-20)10-14(2)11-17(18)21-22-19(3,4)5/h6,8,10-11,21-22H,7,9H2,1-5H3. The van der Waals surface area contributed by atoms with Crippen molar-refractivity contribution in [3.8, 4) is 11.8 Å². The summed E-state index contributed by atoms with van der Waals surface area (Å²) in [6.07, 6.45) is 5.90. The molecule has 0 saturated heterocycles. The first-order valence-electron chi connectivity index (χ1n) is 7.90. The van der Waals surface area contributed by atoms with Gasteiger partial charge in [0, 0.05) is 12.0 Å². The van der Waals surface area contributed by atoms with Crippen molar-refractivity contribution in [2.24, 2.45) is 0 Å². The number of hydrogen-bond donors (Lipinski definition) is 2. The zero-order chi connectivity index (χ0) is 17.0. The normalized spacial score (nSPS) is 14.6. The van der Waals surface area contributed by atoms with Gasteiger partial charge in [0.1, 0.15) is 11.8 Å². The van der Waals surface area contributed by atoms with Gasteiger partial charge in [-0.15, -0.1) is 0 Å². The summed E-state index contributed by atoms with van der Waals surface area (Å²) in [4.78, 5) is 0. The number of nitrogens with zero attached hydrogens (tertiary/aromatic N) is 1. The third-order valence-electron chi connectivity index (χ3n) is 3.48. The molecule has 0 fully saturated rings. The maximum Gasteiger partial charge on any atom is 0.169 e. The van der Waals surface area contributed by atoms with E-state index in [-0.39, 0.29) is 5.54 Å². The maximum absolute atomic E-state index is 9.46. The molecule has 0 radical (unpaired) electrons. The molecule has 0 unspecified atom stereocenters. The molecule has 0 bridgehead atoms. The topological polar surface area (TPSA) is 57.1 Å². The van der Waals surface area contributed by atoms with Crippen LogP contribution in [0.5, 0.6) is 5.75 Å². The second kappa shape index (κ2) is 6.89. The summed E-state index contributed by atoms with van der Waals surface area (Å²) in [5, 5.41) is 9.46. The average molecular weight is 311 g/mol. The van der Waals surface area contributed by atoms with Gasteiger partial charge >= 0.3 is 0 Å². The summed E-state index contributed by atoms with van der Waals surface area (Å²) in [5.41, 5.74) is 10.0. The minimum absolute atomic E-state index is 0.0994. The lowest BCUT2D eigenvalue weighted by Crippen LogP contribution is -2.40. The number of nitrogens with one attached hydrogen (secondary N) is 2. The Bertz CT molecular complexity index is 688. The fourth-order valence-electron chi connectivity index (χ4n) is 2.25. The van der Waals surface area contributed by atoms with Gasteiger partial charge in [0.25, 0.3) is 0 Å². The molecule has 1 aliphatic rings. The summed E-state index contributed by atoms with van der Waals surface area (Å²) < 4.78 is 6.07. The molecule has 0 aliphatic heterocycles. The molecule has 4 nitrogen and oxygen atoms in total. The molecule has 0 atom stereocenters. The Morgan fingerprint density at radius 2 is 1.87 bits per heavy atom. The molecule has 0 amide bonds. The lowest BCUT2D eigenvalue weighted by molar-refractivity contribution is 0.398. The molecule has 0 spiro atoms. The number of rotatable bonds is 4. The van der Waals surface area contributed by atoms with E-state index in [4.69, 9.17) is 4.74 Å². The molecule has 0 heterocycles. The smallest absolute Gasteiger partial charge is 0.169 e. The Balaban J connectivity index is 2.33. The molecule has 23 heavy (non-hydrogen) atoms. The van der Waals surface area contributed by atoms with E-state index in [2.05, 4.69) is 50.7 Å². The summed E-state index contributed by atoms with van der Waals surface area (Å²) in [7, 11) is 0. The molecule has 0 saturated carbocycles. The highest BCUT2D eigenvalue weighted by Crippen LogP contribution is 2.33. The lowest BCUT2D eigenvalue weighted by Gasteiger charge is -2.24. The average Bonchev–Trinajstić information content (AvgIpc) is 2.48. The monoisotopic (exact) mass is 311 g/mol. The predicted octanol–water partition coefficient (Wildman–Crippen LogP) is 4.58. The second-order valence-corrected chi connectivity index (χ2v) is 7.05. The van der Waals surface area contributed by atoms with Gasteiger partial charge in [0.15, 0.2) is 5.75 Å². The van der Waals surface area contributed by atoms with Crippen LogP contribution in [0.4, 0.5) is 5.69 Å². The van der Waals surface area contributed by atoms with Crippen LogP contribution < -0.4 is 15.6 Å². The Morgan fingerprint density at radius 1 is 1.13 bits per heavy atom. The molecule has 122 valence electrons. The van der Waals surface area contributed by atoms with E-state index in [0.29, 0.717) is 11.3 Å². The Morgan fingerprint density at radius 3 is 2.43 bits per heavy atom. The quantitative estimate of drug-likeness (QED) is 0.799. The van der Waals surface area contributed by atoms with Crippen LogP contribution in [-0.2, 0) is 0 Å². The van der Waals surface area contributed by atoms with E-state index in [0.717, 1.165) is 29.9 Å². The molecule has 2 N–H and O–H groups in total. The van der Waals surface area contributed by atoms with Crippen molar-refractivity contribution in [3.63, 3.8) is 0 Å². The number of hydrogen-bond acceptors (Lipinski definition) is 4. The van der Waals surface area contributed by atoms with Gasteiger partial charge in [-0.25, -0.2) is 5.43 Å². The van der Waals surface area contributed by atoms with Crippen molar-refractivity contribution < 1.29 is 4.74 Å². The zero-order valence-corrected chi connectivity index (χ0v) is 14.6. The summed E-state index contributed by atoms with van der Waals surface area (Å²) in [6, 6.07) is 6.07. The second-order valence-electron chi connectivity index (χ2n) is 7.05. The first-order valence-corrected chi connectivity index (χ1v) is 7.90. The Hall–Kier alpha value is -2.25. The summed E-state index contributed by atoms with van der Waals surface area (Å²) in [5.74, 6) is 1.46.